The van der Waals surface area contributed by atoms with Crippen LogP contribution in [0, 0.1) is 0 Å². The second-order valence-electron chi connectivity index (χ2n) is 17.7. The third-order valence-corrected chi connectivity index (χ3v) is 15.3. The maximum absolute atomic E-state index is 15.0. The summed E-state index contributed by atoms with van der Waals surface area (Å²) in [7, 11) is -3.81. The number of rotatable bonds is 11. The van der Waals surface area contributed by atoms with E-state index in [-0.39, 0.29) is 16.9 Å². The van der Waals surface area contributed by atoms with Crippen LogP contribution in [0.15, 0.2) is 154 Å². The van der Waals surface area contributed by atoms with Gasteiger partial charge in [-0.05, 0) is 99.7 Å². The highest BCUT2D eigenvalue weighted by atomic mass is 32.2. The molecule has 0 bridgehead atoms. The standard InChI is InChI=1S/C53H59NO2S/c1-7-9-25-44-45-32-28-37-19-14-16-26-42(37)49(45)52(3,4)46(44)33-29-39-21-18-22-40(51(39)57(55,56)41-23-12-11-13-24-41)31-35-48-53(5,6)50-43-27-17-15-20-38(43)30-34-47(50)54(48)36-10-8-2/h11-17,19-20,23-24,26-35,44,48H,7-10,18,21-22,25,36H2,1-6H3/b35-31+,39-29+,46-33-. The molecule has 2 unspecified atom stereocenters. The number of nitrogens with zero attached hydrogens (tertiary/aromatic N) is 1. The van der Waals surface area contributed by atoms with Gasteiger partial charge in [0.25, 0.3) is 0 Å². The zero-order valence-corrected chi connectivity index (χ0v) is 35.6. The molecule has 0 saturated carbocycles. The van der Waals surface area contributed by atoms with Gasteiger partial charge in [-0.15, -0.1) is 0 Å². The van der Waals surface area contributed by atoms with Crippen molar-refractivity contribution in [2.24, 2.45) is 0 Å². The van der Waals surface area contributed by atoms with Crippen LogP contribution < -0.4 is 4.90 Å². The van der Waals surface area contributed by atoms with Crippen molar-refractivity contribution in [3.8, 4) is 0 Å². The molecule has 0 amide bonds. The normalized spacial score (nSPS) is 21.7. The molecule has 0 fully saturated rings. The molecular formula is C53H59NO2S. The van der Waals surface area contributed by atoms with Crippen LogP contribution in [0.2, 0.25) is 0 Å². The highest BCUT2D eigenvalue weighted by Crippen LogP contribution is 2.55. The average Bonchev–Trinajstić information content (AvgIpc) is 3.58. The van der Waals surface area contributed by atoms with Gasteiger partial charge in [0.1, 0.15) is 0 Å². The van der Waals surface area contributed by atoms with E-state index in [1.807, 2.05) is 18.2 Å². The minimum atomic E-state index is -3.81. The number of anilines is 1. The van der Waals surface area contributed by atoms with Gasteiger partial charge in [-0.3, -0.25) is 0 Å². The number of sulfone groups is 1. The smallest absolute Gasteiger partial charge is 0.207 e. The molecule has 5 aromatic carbocycles. The van der Waals surface area contributed by atoms with E-state index in [4.69, 9.17) is 0 Å². The van der Waals surface area contributed by atoms with Gasteiger partial charge in [0.2, 0.25) is 9.84 Å². The third kappa shape index (κ3) is 6.82. The van der Waals surface area contributed by atoms with E-state index in [1.54, 1.807) is 12.1 Å². The van der Waals surface area contributed by atoms with Gasteiger partial charge < -0.3 is 4.90 Å². The van der Waals surface area contributed by atoms with Gasteiger partial charge in [-0.2, -0.15) is 0 Å². The summed E-state index contributed by atoms with van der Waals surface area (Å²) in [5.41, 5.74) is 8.39. The predicted octanol–water partition coefficient (Wildman–Crippen LogP) is 13.8. The molecule has 4 heteroatoms. The fourth-order valence-corrected chi connectivity index (χ4v) is 12.3. The summed E-state index contributed by atoms with van der Waals surface area (Å²) in [6.45, 7) is 15.0. The van der Waals surface area contributed by atoms with E-state index in [0.717, 1.165) is 69.1 Å². The Hall–Kier alpha value is -4.67. The lowest BCUT2D eigenvalue weighted by Crippen LogP contribution is -2.40. The second kappa shape index (κ2) is 15.6. The molecule has 0 aromatic heterocycles. The topological polar surface area (TPSA) is 37.4 Å². The predicted molar refractivity (Wildman–Crippen MR) is 242 cm³/mol. The number of hydrogen-bond donors (Lipinski definition) is 0. The zero-order chi connectivity index (χ0) is 40.0. The van der Waals surface area contributed by atoms with E-state index < -0.39 is 9.84 Å². The maximum Gasteiger partial charge on any atom is 0.207 e. The van der Waals surface area contributed by atoms with E-state index in [9.17, 15) is 8.42 Å². The molecule has 2 atom stereocenters. The first kappa shape index (κ1) is 39.2. The molecule has 0 spiro atoms. The summed E-state index contributed by atoms with van der Waals surface area (Å²) in [6.07, 6.45) is 17.0. The van der Waals surface area contributed by atoms with Crippen LogP contribution in [-0.2, 0) is 20.7 Å². The van der Waals surface area contributed by atoms with E-state index >= 15 is 0 Å². The molecule has 294 valence electrons. The number of fused-ring (bicyclic) bond motifs is 6. The molecule has 3 nitrogen and oxygen atoms in total. The summed E-state index contributed by atoms with van der Waals surface area (Å²) < 4.78 is 29.9. The zero-order valence-electron chi connectivity index (χ0n) is 34.8. The van der Waals surface area contributed by atoms with E-state index in [0.29, 0.717) is 15.7 Å². The summed E-state index contributed by atoms with van der Waals surface area (Å²) in [6, 6.07) is 35.9. The largest absolute Gasteiger partial charge is 0.364 e. The van der Waals surface area contributed by atoms with Crippen LogP contribution >= 0.6 is 0 Å². The van der Waals surface area contributed by atoms with Crippen molar-refractivity contribution >= 4 is 37.1 Å². The van der Waals surface area contributed by atoms with Gasteiger partial charge in [0.15, 0.2) is 0 Å². The molecule has 1 aliphatic heterocycles. The van der Waals surface area contributed by atoms with Gasteiger partial charge in [0.05, 0.1) is 15.8 Å². The number of hydrogen-bond acceptors (Lipinski definition) is 3. The van der Waals surface area contributed by atoms with Crippen LogP contribution in [-0.4, -0.2) is 21.0 Å². The Kier molecular flexibility index (Phi) is 10.7. The molecule has 0 radical (unpaired) electrons. The summed E-state index contributed by atoms with van der Waals surface area (Å²) >= 11 is 0. The Morgan fingerprint density at radius 3 is 2.07 bits per heavy atom. The molecule has 0 saturated heterocycles. The van der Waals surface area contributed by atoms with Crippen LogP contribution in [0.5, 0.6) is 0 Å². The van der Waals surface area contributed by atoms with Crippen molar-refractivity contribution in [2.45, 2.75) is 121 Å². The first-order chi connectivity index (χ1) is 27.5. The lowest BCUT2D eigenvalue weighted by molar-refractivity contribution is 0.473. The van der Waals surface area contributed by atoms with Crippen LogP contribution in [0.25, 0.3) is 21.5 Å². The maximum atomic E-state index is 15.0. The second-order valence-corrected chi connectivity index (χ2v) is 19.5. The van der Waals surface area contributed by atoms with Crippen molar-refractivity contribution < 1.29 is 8.42 Å². The van der Waals surface area contributed by atoms with E-state index in [1.165, 1.54) is 49.5 Å². The Bertz CT molecular complexity index is 2550. The Balaban J connectivity index is 1.27. The van der Waals surface area contributed by atoms with Crippen molar-refractivity contribution in [3.05, 3.63) is 166 Å². The van der Waals surface area contributed by atoms with Crippen molar-refractivity contribution in [2.75, 3.05) is 11.4 Å². The molecule has 0 N–H and O–H groups in total. The van der Waals surface area contributed by atoms with Gasteiger partial charge >= 0.3 is 0 Å². The molecule has 5 aromatic rings. The van der Waals surface area contributed by atoms with Gasteiger partial charge in [-0.1, -0.05) is 176 Å². The summed E-state index contributed by atoms with van der Waals surface area (Å²) in [5, 5.41) is 5.17. The monoisotopic (exact) mass is 773 g/mol. The summed E-state index contributed by atoms with van der Waals surface area (Å²) in [4.78, 5) is 3.44. The lowest BCUT2D eigenvalue weighted by atomic mass is 9.78. The van der Waals surface area contributed by atoms with Crippen LogP contribution in [0.1, 0.15) is 116 Å². The third-order valence-electron chi connectivity index (χ3n) is 13.3. The number of benzene rings is 5. The van der Waals surface area contributed by atoms with Gasteiger partial charge in [0, 0.05) is 29.0 Å². The van der Waals surface area contributed by atoms with Crippen molar-refractivity contribution in [3.63, 3.8) is 0 Å². The first-order valence-corrected chi connectivity index (χ1v) is 22.9. The first-order valence-electron chi connectivity index (χ1n) is 21.4. The minimum Gasteiger partial charge on any atom is -0.364 e. The fourth-order valence-electron chi connectivity index (χ4n) is 10.5. The highest BCUT2D eigenvalue weighted by Gasteiger charge is 2.45. The molecule has 8 rings (SSSR count). The van der Waals surface area contributed by atoms with Crippen molar-refractivity contribution in [1.82, 2.24) is 0 Å². The fraction of sp³-hybridized carbons (Fsp3) is 0.358. The quantitative estimate of drug-likeness (QED) is 0.134. The Labute approximate surface area is 341 Å². The molecule has 2 aliphatic carbocycles. The number of unbranched alkanes of at least 4 members (excludes halogenated alkanes) is 2. The lowest BCUT2D eigenvalue weighted by Gasteiger charge is -2.33. The molecule has 3 aliphatic rings. The van der Waals surface area contributed by atoms with Gasteiger partial charge in [-0.25, -0.2) is 8.42 Å². The average molecular weight is 774 g/mol. The van der Waals surface area contributed by atoms with Crippen LogP contribution in [0.3, 0.4) is 0 Å². The SMILES string of the molecule is CCCCC1/C(=C/C=C2\CCCC(/C=C/C3N(CCCC)c4ccc5ccccc5c4C3(C)C)=C2S(=O)(=O)c2ccccc2)C(C)(C)c2c1ccc1ccccc21. The number of allylic oxidation sites excluding steroid dienone is 6. The molecule has 1 heterocycles. The van der Waals surface area contributed by atoms with Crippen molar-refractivity contribution in [1.29, 1.82) is 0 Å². The van der Waals surface area contributed by atoms with E-state index in [2.05, 4.69) is 144 Å². The Morgan fingerprint density at radius 2 is 1.37 bits per heavy atom. The Morgan fingerprint density at radius 1 is 0.719 bits per heavy atom. The summed E-state index contributed by atoms with van der Waals surface area (Å²) in [5.74, 6) is 0.300. The minimum absolute atomic E-state index is 0.0847. The van der Waals surface area contributed by atoms with Crippen LogP contribution in [0.4, 0.5) is 5.69 Å². The highest BCUT2D eigenvalue weighted by molar-refractivity contribution is 7.95. The molecule has 57 heavy (non-hydrogen) atoms. The molecular weight excluding hydrogens is 715 g/mol.